The Kier molecular flexibility index (Phi) is 4.73. The highest BCUT2D eigenvalue weighted by molar-refractivity contribution is 7.17. The lowest BCUT2D eigenvalue weighted by molar-refractivity contribution is -0.120. The van der Waals surface area contributed by atoms with Gasteiger partial charge in [0.05, 0.1) is 5.69 Å². The Morgan fingerprint density at radius 3 is 2.58 bits per heavy atom. The van der Waals surface area contributed by atoms with Crippen molar-refractivity contribution in [3.63, 3.8) is 0 Å². The van der Waals surface area contributed by atoms with Crippen molar-refractivity contribution in [2.24, 2.45) is 5.73 Å². The Labute approximate surface area is 147 Å². The molecule has 5 nitrogen and oxygen atoms in total. The van der Waals surface area contributed by atoms with Crippen LogP contribution in [0.4, 0.5) is 0 Å². The molecular weight excluding hydrogens is 342 g/mol. The molecule has 0 aliphatic carbocycles. The molecule has 0 unspecified atom stereocenters. The van der Waals surface area contributed by atoms with E-state index < -0.39 is 11.9 Å². The molecule has 1 atom stereocenters. The molecule has 0 fully saturated rings. The summed E-state index contributed by atoms with van der Waals surface area (Å²) >= 11 is 2.88. The van der Waals surface area contributed by atoms with E-state index in [0.29, 0.717) is 16.1 Å². The average molecular weight is 357 g/mol. The number of amides is 2. The SMILES string of the molecule is Cc1nc(-c2ccsc2)sc1C(=O)N[C@@H](C(N)=O)c1ccccc1. The van der Waals surface area contributed by atoms with Crippen LogP contribution in [0.5, 0.6) is 0 Å². The van der Waals surface area contributed by atoms with E-state index in [1.165, 1.54) is 11.3 Å². The first-order valence-corrected chi connectivity index (χ1v) is 8.97. The Hall–Kier alpha value is -2.51. The zero-order chi connectivity index (χ0) is 17.1. The average Bonchev–Trinajstić information content (AvgIpc) is 3.22. The number of aryl methyl sites for hydroxylation is 1. The lowest BCUT2D eigenvalue weighted by Crippen LogP contribution is -2.37. The lowest BCUT2D eigenvalue weighted by Gasteiger charge is -2.15. The summed E-state index contributed by atoms with van der Waals surface area (Å²) in [6.45, 7) is 1.78. The summed E-state index contributed by atoms with van der Waals surface area (Å²) in [5.74, 6) is -0.950. The Morgan fingerprint density at radius 1 is 1.21 bits per heavy atom. The molecule has 2 amide bonds. The van der Waals surface area contributed by atoms with Crippen LogP contribution in [0.3, 0.4) is 0 Å². The van der Waals surface area contributed by atoms with Crippen molar-refractivity contribution in [3.05, 3.63) is 63.3 Å². The van der Waals surface area contributed by atoms with Crippen LogP contribution in [-0.4, -0.2) is 16.8 Å². The van der Waals surface area contributed by atoms with Crippen molar-refractivity contribution in [2.75, 3.05) is 0 Å². The van der Waals surface area contributed by atoms with Gasteiger partial charge < -0.3 is 11.1 Å². The molecular formula is C17H15N3O2S2. The summed E-state index contributed by atoms with van der Waals surface area (Å²) < 4.78 is 0. The molecule has 0 spiro atoms. The van der Waals surface area contributed by atoms with E-state index in [1.54, 1.807) is 42.5 Å². The number of thiazole rings is 1. The predicted octanol–water partition coefficient (Wildman–Crippen LogP) is 3.14. The fraction of sp³-hybridized carbons (Fsp3) is 0.118. The zero-order valence-electron chi connectivity index (χ0n) is 12.9. The molecule has 0 saturated heterocycles. The van der Waals surface area contributed by atoms with Crippen molar-refractivity contribution >= 4 is 34.5 Å². The zero-order valence-corrected chi connectivity index (χ0v) is 14.5. The van der Waals surface area contributed by atoms with Gasteiger partial charge in [0.15, 0.2) is 0 Å². The molecule has 3 rings (SSSR count). The van der Waals surface area contributed by atoms with E-state index in [1.807, 2.05) is 22.9 Å². The van der Waals surface area contributed by atoms with Gasteiger partial charge in [-0.2, -0.15) is 11.3 Å². The minimum absolute atomic E-state index is 0.348. The second kappa shape index (κ2) is 6.94. The number of nitrogens with one attached hydrogen (secondary N) is 1. The number of benzene rings is 1. The second-order valence-electron chi connectivity index (χ2n) is 5.17. The van der Waals surface area contributed by atoms with Crippen LogP contribution < -0.4 is 11.1 Å². The van der Waals surface area contributed by atoms with Crippen molar-refractivity contribution in [1.82, 2.24) is 10.3 Å². The van der Waals surface area contributed by atoms with E-state index in [9.17, 15) is 9.59 Å². The third-order valence-corrected chi connectivity index (χ3v) is 5.35. The van der Waals surface area contributed by atoms with Crippen molar-refractivity contribution in [3.8, 4) is 10.6 Å². The molecule has 3 aromatic rings. The number of nitrogens with two attached hydrogens (primary N) is 1. The van der Waals surface area contributed by atoms with Gasteiger partial charge in [0.1, 0.15) is 15.9 Å². The molecule has 0 saturated carbocycles. The van der Waals surface area contributed by atoms with Gasteiger partial charge in [0.25, 0.3) is 5.91 Å². The molecule has 2 heterocycles. The first-order valence-electron chi connectivity index (χ1n) is 7.21. The Bertz CT molecular complexity index is 857. The van der Waals surface area contributed by atoms with Crippen LogP contribution in [0, 0.1) is 6.92 Å². The number of thiophene rings is 1. The van der Waals surface area contributed by atoms with E-state index >= 15 is 0 Å². The minimum Gasteiger partial charge on any atom is -0.368 e. The largest absolute Gasteiger partial charge is 0.368 e. The topological polar surface area (TPSA) is 85.1 Å². The highest BCUT2D eigenvalue weighted by Crippen LogP contribution is 2.29. The summed E-state index contributed by atoms with van der Waals surface area (Å²) in [5.41, 5.74) is 7.72. The van der Waals surface area contributed by atoms with Crippen LogP contribution >= 0.6 is 22.7 Å². The monoisotopic (exact) mass is 357 g/mol. The summed E-state index contributed by atoms with van der Waals surface area (Å²) in [7, 11) is 0. The highest BCUT2D eigenvalue weighted by Gasteiger charge is 2.23. The van der Waals surface area contributed by atoms with Gasteiger partial charge in [0, 0.05) is 10.9 Å². The molecule has 3 N–H and O–H groups in total. The maximum atomic E-state index is 12.6. The minimum atomic E-state index is -0.871. The van der Waals surface area contributed by atoms with E-state index in [0.717, 1.165) is 10.6 Å². The molecule has 0 aliphatic rings. The van der Waals surface area contributed by atoms with Crippen molar-refractivity contribution < 1.29 is 9.59 Å². The molecule has 122 valence electrons. The van der Waals surface area contributed by atoms with Gasteiger partial charge in [-0.15, -0.1) is 11.3 Å². The molecule has 0 aliphatic heterocycles. The number of rotatable bonds is 5. The first kappa shape index (κ1) is 16.4. The summed E-state index contributed by atoms with van der Waals surface area (Å²) in [4.78, 5) is 29.3. The van der Waals surface area contributed by atoms with Crippen LogP contribution in [0.1, 0.15) is 27.0 Å². The van der Waals surface area contributed by atoms with E-state index in [2.05, 4.69) is 10.3 Å². The van der Waals surface area contributed by atoms with Crippen LogP contribution in [0.25, 0.3) is 10.6 Å². The number of carbonyl (C=O) groups excluding carboxylic acids is 2. The fourth-order valence-electron chi connectivity index (χ4n) is 2.28. The Balaban J connectivity index is 1.85. The predicted molar refractivity (Wildman–Crippen MR) is 96.0 cm³/mol. The Morgan fingerprint density at radius 2 is 1.96 bits per heavy atom. The van der Waals surface area contributed by atoms with Crippen LogP contribution in [0.2, 0.25) is 0 Å². The molecule has 0 bridgehead atoms. The third-order valence-electron chi connectivity index (χ3n) is 3.46. The molecule has 1 aromatic carbocycles. The van der Waals surface area contributed by atoms with Crippen molar-refractivity contribution in [1.29, 1.82) is 0 Å². The quantitative estimate of drug-likeness (QED) is 0.735. The third kappa shape index (κ3) is 3.37. The van der Waals surface area contributed by atoms with E-state index in [4.69, 9.17) is 5.73 Å². The number of aromatic nitrogens is 1. The molecule has 2 aromatic heterocycles. The maximum absolute atomic E-state index is 12.6. The van der Waals surface area contributed by atoms with E-state index in [-0.39, 0.29) is 5.91 Å². The lowest BCUT2D eigenvalue weighted by atomic mass is 10.1. The van der Waals surface area contributed by atoms with Gasteiger partial charge in [-0.1, -0.05) is 30.3 Å². The summed E-state index contributed by atoms with van der Waals surface area (Å²) in [5, 5.41) is 7.44. The highest BCUT2D eigenvalue weighted by atomic mass is 32.1. The number of nitrogens with zero attached hydrogens (tertiary/aromatic N) is 1. The van der Waals surface area contributed by atoms with Crippen LogP contribution in [0.15, 0.2) is 47.2 Å². The van der Waals surface area contributed by atoms with Gasteiger partial charge >= 0.3 is 0 Å². The standard InChI is InChI=1S/C17H15N3O2S2/c1-10-14(24-17(19-10)12-7-8-23-9-12)16(22)20-13(15(18)21)11-5-3-2-4-6-11/h2-9,13H,1H3,(H2,18,21)(H,20,22)/t13-/m1/s1. The molecule has 24 heavy (non-hydrogen) atoms. The fourth-order valence-corrected chi connectivity index (χ4v) is 3.96. The van der Waals surface area contributed by atoms with Gasteiger partial charge in [0.2, 0.25) is 5.91 Å². The van der Waals surface area contributed by atoms with Crippen LogP contribution in [-0.2, 0) is 4.79 Å². The summed E-state index contributed by atoms with van der Waals surface area (Å²) in [6, 6.07) is 10.0. The van der Waals surface area contributed by atoms with Gasteiger partial charge in [-0.05, 0) is 23.9 Å². The van der Waals surface area contributed by atoms with Gasteiger partial charge in [-0.25, -0.2) is 4.98 Å². The normalized spacial score (nSPS) is 11.9. The van der Waals surface area contributed by atoms with Crippen molar-refractivity contribution in [2.45, 2.75) is 13.0 Å². The molecule has 7 heteroatoms. The number of carbonyl (C=O) groups is 2. The number of hydrogen-bond donors (Lipinski definition) is 2. The first-order chi connectivity index (χ1) is 11.6. The van der Waals surface area contributed by atoms with Gasteiger partial charge in [-0.3, -0.25) is 9.59 Å². The number of hydrogen-bond acceptors (Lipinski definition) is 5. The maximum Gasteiger partial charge on any atom is 0.264 e. The summed E-state index contributed by atoms with van der Waals surface area (Å²) in [6.07, 6.45) is 0. The smallest absolute Gasteiger partial charge is 0.264 e. The molecule has 0 radical (unpaired) electrons. The second-order valence-corrected chi connectivity index (χ2v) is 6.94. The number of primary amides is 1.